The highest BCUT2D eigenvalue weighted by atomic mass is 16.2. The number of rotatable bonds is 3. The van der Waals surface area contributed by atoms with E-state index >= 15 is 0 Å². The number of hydrogen-bond acceptors (Lipinski definition) is 3. The van der Waals surface area contributed by atoms with Gasteiger partial charge in [-0.15, -0.1) is 0 Å². The van der Waals surface area contributed by atoms with Crippen LogP contribution in [0.3, 0.4) is 0 Å². The summed E-state index contributed by atoms with van der Waals surface area (Å²) in [6.45, 7) is 6.22. The van der Waals surface area contributed by atoms with Crippen LogP contribution in [0.5, 0.6) is 0 Å². The summed E-state index contributed by atoms with van der Waals surface area (Å²) in [6.07, 6.45) is 1.91. The molecule has 2 aromatic rings. The maximum absolute atomic E-state index is 12.4. The van der Waals surface area contributed by atoms with E-state index < -0.39 is 0 Å². The molecule has 1 heterocycles. The molecule has 1 aromatic heterocycles. The summed E-state index contributed by atoms with van der Waals surface area (Å²) in [5.41, 5.74) is 3.03. The molecule has 5 heteroatoms. The summed E-state index contributed by atoms with van der Waals surface area (Å²) in [5.74, 6) is -0.185. The molecule has 1 amide bonds. The van der Waals surface area contributed by atoms with Gasteiger partial charge in [0.2, 0.25) is 5.91 Å². The molecule has 0 bridgehead atoms. The van der Waals surface area contributed by atoms with Gasteiger partial charge in [0.05, 0.1) is 11.7 Å². The highest BCUT2D eigenvalue weighted by molar-refractivity contribution is 5.76. The normalized spacial score (nSPS) is 18.7. The van der Waals surface area contributed by atoms with E-state index in [2.05, 4.69) is 36.4 Å². The van der Waals surface area contributed by atoms with E-state index in [1.807, 2.05) is 12.1 Å². The van der Waals surface area contributed by atoms with Gasteiger partial charge in [-0.3, -0.25) is 9.59 Å². The van der Waals surface area contributed by atoms with Crippen molar-refractivity contribution in [3.63, 3.8) is 0 Å². The fourth-order valence-electron chi connectivity index (χ4n) is 3.40. The monoisotopic (exact) mass is 325 g/mol. The van der Waals surface area contributed by atoms with E-state index in [1.54, 1.807) is 13.0 Å². The topological polar surface area (TPSA) is 64.0 Å². The zero-order valence-corrected chi connectivity index (χ0v) is 14.4. The van der Waals surface area contributed by atoms with Crippen molar-refractivity contribution in [1.82, 2.24) is 15.1 Å². The molecule has 24 heavy (non-hydrogen) atoms. The summed E-state index contributed by atoms with van der Waals surface area (Å²) in [7, 11) is 0. The Morgan fingerprint density at radius 3 is 2.83 bits per heavy atom. The van der Waals surface area contributed by atoms with Gasteiger partial charge in [0, 0.05) is 6.07 Å². The van der Waals surface area contributed by atoms with Crippen LogP contribution in [0.15, 0.2) is 41.2 Å². The Kier molecular flexibility index (Phi) is 4.26. The van der Waals surface area contributed by atoms with Crippen molar-refractivity contribution < 1.29 is 4.79 Å². The highest BCUT2D eigenvalue weighted by Gasteiger charge is 2.32. The summed E-state index contributed by atoms with van der Waals surface area (Å²) in [4.78, 5) is 24.2. The van der Waals surface area contributed by atoms with Gasteiger partial charge < -0.3 is 5.32 Å². The second-order valence-corrected chi connectivity index (χ2v) is 7.10. The second-order valence-electron chi connectivity index (χ2n) is 7.10. The quantitative estimate of drug-likeness (QED) is 0.943. The number of hydrogen-bond donors (Lipinski definition) is 1. The number of carbonyl (C=O) groups excluding carboxylic acids is 1. The van der Waals surface area contributed by atoms with Crippen molar-refractivity contribution in [1.29, 1.82) is 0 Å². The molecule has 0 saturated heterocycles. The summed E-state index contributed by atoms with van der Waals surface area (Å²) < 4.78 is 1.21. The van der Waals surface area contributed by atoms with Crippen LogP contribution in [0.2, 0.25) is 0 Å². The minimum Gasteiger partial charge on any atom is -0.348 e. The number of carbonyl (C=O) groups is 1. The third kappa shape index (κ3) is 3.25. The second kappa shape index (κ2) is 6.23. The van der Waals surface area contributed by atoms with Gasteiger partial charge in [0.25, 0.3) is 5.56 Å². The predicted molar refractivity (Wildman–Crippen MR) is 92.8 cm³/mol. The van der Waals surface area contributed by atoms with Gasteiger partial charge in [-0.1, -0.05) is 38.1 Å². The Morgan fingerprint density at radius 1 is 1.29 bits per heavy atom. The number of fused-ring (bicyclic) bond motifs is 1. The largest absolute Gasteiger partial charge is 0.348 e. The smallest absolute Gasteiger partial charge is 0.267 e. The average Bonchev–Trinajstić information content (AvgIpc) is 2.54. The molecule has 0 spiro atoms. The average molecular weight is 325 g/mol. The van der Waals surface area contributed by atoms with E-state index in [0.717, 1.165) is 12.8 Å². The van der Waals surface area contributed by atoms with Crippen LogP contribution >= 0.6 is 0 Å². The number of aryl methyl sites for hydroxylation is 1. The predicted octanol–water partition coefficient (Wildman–Crippen LogP) is 2.48. The van der Waals surface area contributed by atoms with E-state index in [0.29, 0.717) is 5.69 Å². The molecule has 126 valence electrons. The molecule has 0 radical (unpaired) electrons. The standard InChI is InChI=1S/C19H23N3O2/c1-13-8-9-18(24)22(21-13)12-17(23)20-16-10-11-19(2,3)15-7-5-4-6-14(15)16/h4-9,16H,10-12H2,1-3H3,(H,20,23). The van der Waals surface area contributed by atoms with Crippen molar-refractivity contribution in [3.05, 3.63) is 63.6 Å². The minimum absolute atomic E-state index is 0.0118. The third-order valence-electron chi connectivity index (χ3n) is 4.75. The van der Waals surface area contributed by atoms with Gasteiger partial charge in [-0.05, 0) is 42.4 Å². The maximum atomic E-state index is 12.4. The molecule has 1 aliphatic rings. The molecule has 1 aromatic carbocycles. The molecule has 3 rings (SSSR count). The molecular formula is C19H23N3O2. The number of benzene rings is 1. The zero-order chi connectivity index (χ0) is 17.3. The minimum atomic E-state index is -0.263. The van der Waals surface area contributed by atoms with E-state index in [-0.39, 0.29) is 29.5 Å². The Bertz CT molecular complexity index is 823. The molecule has 0 aliphatic heterocycles. The molecule has 1 aliphatic carbocycles. The van der Waals surface area contributed by atoms with Crippen LogP contribution in [-0.2, 0) is 16.8 Å². The summed E-state index contributed by atoms with van der Waals surface area (Å²) in [6, 6.07) is 11.3. The fourth-order valence-corrected chi connectivity index (χ4v) is 3.40. The number of nitrogens with one attached hydrogen (secondary N) is 1. The van der Waals surface area contributed by atoms with Gasteiger partial charge in [0.1, 0.15) is 6.54 Å². The Balaban J connectivity index is 1.78. The maximum Gasteiger partial charge on any atom is 0.267 e. The van der Waals surface area contributed by atoms with E-state index in [1.165, 1.54) is 21.9 Å². The molecule has 1 unspecified atom stereocenters. The van der Waals surface area contributed by atoms with Crippen molar-refractivity contribution in [2.24, 2.45) is 0 Å². The van der Waals surface area contributed by atoms with Crippen LogP contribution in [0.4, 0.5) is 0 Å². The van der Waals surface area contributed by atoms with Gasteiger partial charge >= 0.3 is 0 Å². The van der Waals surface area contributed by atoms with Crippen LogP contribution in [0.1, 0.15) is 49.6 Å². The molecule has 0 saturated carbocycles. The first-order valence-electron chi connectivity index (χ1n) is 8.30. The van der Waals surface area contributed by atoms with Crippen LogP contribution < -0.4 is 10.9 Å². The first-order valence-corrected chi connectivity index (χ1v) is 8.30. The fraction of sp³-hybridized carbons (Fsp3) is 0.421. The Hall–Kier alpha value is -2.43. The molecule has 5 nitrogen and oxygen atoms in total. The van der Waals surface area contributed by atoms with Crippen molar-refractivity contribution in [2.75, 3.05) is 0 Å². The lowest BCUT2D eigenvalue weighted by molar-refractivity contribution is -0.122. The van der Waals surface area contributed by atoms with Crippen LogP contribution in [0.25, 0.3) is 0 Å². The zero-order valence-electron chi connectivity index (χ0n) is 14.4. The van der Waals surface area contributed by atoms with Crippen LogP contribution in [0, 0.1) is 6.92 Å². The molecular weight excluding hydrogens is 302 g/mol. The molecule has 1 atom stereocenters. The first kappa shape index (κ1) is 16.4. The Labute approximate surface area is 141 Å². The Morgan fingerprint density at radius 2 is 2.04 bits per heavy atom. The molecule has 0 fully saturated rings. The van der Waals surface area contributed by atoms with Crippen molar-refractivity contribution in [3.8, 4) is 0 Å². The molecule has 1 N–H and O–H groups in total. The van der Waals surface area contributed by atoms with E-state index in [9.17, 15) is 9.59 Å². The number of amides is 1. The van der Waals surface area contributed by atoms with Gasteiger partial charge in [0.15, 0.2) is 0 Å². The SMILES string of the molecule is Cc1ccc(=O)n(CC(=O)NC2CCC(C)(C)c3ccccc32)n1. The third-order valence-corrected chi connectivity index (χ3v) is 4.75. The lowest BCUT2D eigenvalue weighted by Crippen LogP contribution is -2.39. The number of nitrogens with zero attached hydrogens (tertiary/aromatic N) is 2. The van der Waals surface area contributed by atoms with Crippen molar-refractivity contribution >= 4 is 5.91 Å². The van der Waals surface area contributed by atoms with Gasteiger partial charge in [-0.25, -0.2) is 4.68 Å². The number of aromatic nitrogens is 2. The van der Waals surface area contributed by atoms with E-state index in [4.69, 9.17) is 0 Å². The lowest BCUT2D eigenvalue weighted by atomic mass is 9.71. The lowest BCUT2D eigenvalue weighted by Gasteiger charge is -2.37. The van der Waals surface area contributed by atoms with Gasteiger partial charge in [-0.2, -0.15) is 5.10 Å². The van der Waals surface area contributed by atoms with Crippen LogP contribution in [-0.4, -0.2) is 15.7 Å². The summed E-state index contributed by atoms with van der Waals surface area (Å²) in [5, 5.41) is 7.19. The summed E-state index contributed by atoms with van der Waals surface area (Å²) >= 11 is 0. The first-order chi connectivity index (χ1) is 11.4. The highest BCUT2D eigenvalue weighted by Crippen LogP contribution is 2.41. The van der Waals surface area contributed by atoms with Crippen molar-refractivity contribution in [2.45, 2.75) is 51.6 Å².